The fraction of sp³-hybridized carbons (Fsp3) is 0.500. The molecule has 1 N–H and O–H groups in total. The molecule has 2 atom stereocenters. The van der Waals surface area contributed by atoms with Gasteiger partial charge in [-0.3, -0.25) is 10.1 Å². The van der Waals surface area contributed by atoms with Gasteiger partial charge in [0.1, 0.15) is 5.69 Å². The topological polar surface area (TPSA) is 66.6 Å². The summed E-state index contributed by atoms with van der Waals surface area (Å²) >= 11 is 3.24. The third-order valence-corrected chi connectivity index (χ3v) is 4.01. The molecule has 1 saturated heterocycles. The average Bonchev–Trinajstić information content (AvgIpc) is 2.70. The first-order valence-electron chi connectivity index (χ1n) is 5.86. The predicted octanol–water partition coefficient (Wildman–Crippen LogP) is 2.56. The Hall–Kier alpha value is -1.14. The fourth-order valence-electron chi connectivity index (χ4n) is 2.47. The minimum atomic E-state index is -0.377. The molecule has 1 aromatic rings. The summed E-state index contributed by atoms with van der Waals surface area (Å²) in [5.74, 6) is 0.346. The Labute approximate surface area is 114 Å². The number of anilines is 1. The average molecular weight is 315 g/mol. The quantitative estimate of drug-likeness (QED) is 0.688. The van der Waals surface area contributed by atoms with Gasteiger partial charge in [-0.1, -0.05) is 22.9 Å². The predicted molar refractivity (Wildman–Crippen MR) is 72.8 cm³/mol. The van der Waals surface area contributed by atoms with E-state index in [0.29, 0.717) is 16.1 Å². The molecule has 0 bridgehead atoms. The van der Waals surface area contributed by atoms with E-state index < -0.39 is 0 Å². The first kappa shape index (κ1) is 13.3. The van der Waals surface area contributed by atoms with Crippen molar-refractivity contribution in [3.63, 3.8) is 0 Å². The number of aliphatic hydroxyl groups is 1. The molecule has 0 radical (unpaired) electrons. The highest BCUT2D eigenvalue weighted by Gasteiger charge is 2.34. The van der Waals surface area contributed by atoms with Gasteiger partial charge in [0.15, 0.2) is 0 Å². The molecule has 6 heteroatoms. The third kappa shape index (κ3) is 2.35. The molecule has 5 nitrogen and oxygen atoms in total. The van der Waals surface area contributed by atoms with Crippen LogP contribution in [0.4, 0.5) is 11.4 Å². The Kier molecular flexibility index (Phi) is 3.87. The van der Waals surface area contributed by atoms with E-state index in [1.165, 1.54) is 6.07 Å². The van der Waals surface area contributed by atoms with Gasteiger partial charge in [-0.15, -0.1) is 0 Å². The number of hydrogen-bond acceptors (Lipinski definition) is 4. The van der Waals surface area contributed by atoms with Crippen molar-refractivity contribution in [2.24, 2.45) is 5.92 Å². The zero-order chi connectivity index (χ0) is 13.3. The van der Waals surface area contributed by atoms with Gasteiger partial charge < -0.3 is 10.0 Å². The molecule has 0 aromatic heterocycles. The van der Waals surface area contributed by atoms with Crippen LogP contribution in [0.15, 0.2) is 22.7 Å². The van der Waals surface area contributed by atoms with Crippen LogP contribution in [0.2, 0.25) is 0 Å². The van der Waals surface area contributed by atoms with Crippen LogP contribution in [0.5, 0.6) is 0 Å². The summed E-state index contributed by atoms with van der Waals surface area (Å²) in [5, 5.41) is 20.5. The lowest BCUT2D eigenvalue weighted by molar-refractivity contribution is -0.384. The molecular weight excluding hydrogens is 300 g/mol. The smallest absolute Gasteiger partial charge is 0.293 e. The molecule has 98 valence electrons. The molecule has 18 heavy (non-hydrogen) atoms. The molecule has 1 fully saturated rings. The van der Waals surface area contributed by atoms with Crippen molar-refractivity contribution >= 4 is 27.3 Å². The maximum atomic E-state index is 11.1. The van der Waals surface area contributed by atoms with E-state index >= 15 is 0 Å². The van der Waals surface area contributed by atoms with Crippen molar-refractivity contribution in [3.05, 3.63) is 32.8 Å². The first-order valence-corrected chi connectivity index (χ1v) is 6.65. The lowest BCUT2D eigenvalue weighted by atomic mass is 10.0. The van der Waals surface area contributed by atoms with Crippen molar-refractivity contribution in [1.29, 1.82) is 0 Å². The monoisotopic (exact) mass is 314 g/mol. The van der Waals surface area contributed by atoms with Crippen LogP contribution in [0, 0.1) is 16.0 Å². The van der Waals surface area contributed by atoms with E-state index in [0.717, 1.165) is 13.0 Å². The molecule has 1 aliphatic heterocycles. The van der Waals surface area contributed by atoms with Crippen molar-refractivity contribution in [3.8, 4) is 0 Å². The van der Waals surface area contributed by atoms with Crippen molar-refractivity contribution in [2.45, 2.75) is 19.4 Å². The van der Waals surface area contributed by atoms with Crippen LogP contribution in [0.25, 0.3) is 0 Å². The summed E-state index contributed by atoms with van der Waals surface area (Å²) in [6.07, 6.45) is 0.943. The molecule has 2 unspecified atom stereocenters. The first-order chi connectivity index (χ1) is 8.54. The zero-order valence-corrected chi connectivity index (χ0v) is 11.6. The van der Waals surface area contributed by atoms with Crippen LogP contribution in [0.3, 0.4) is 0 Å². The van der Waals surface area contributed by atoms with Gasteiger partial charge in [0.2, 0.25) is 0 Å². The van der Waals surface area contributed by atoms with Crippen molar-refractivity contribution in [1.82, 2.24) is 0 Å². The molecule has 0 spiro atoms. The van der Waals surface area contributed by atoms with Crippen LogP contribution in [0.1, 0.15) is 13.3 Å². The number of aliphatic hydroxyl groups excluding tert-OH is 1. The number of benzene rings is 1. The molecule has 0 aliphatic carbocycles. The fourth-order valence-corrected chi connectivity index (χ4v) is 2.82. The van der Waals surface area contributed by atoms with Crippen molar-refractivity contribution < 1.29 is 10.0 Å². The number of hydrogen-bond donors (Lipinski definition) is 1. The number of nitro benzene ring substituents is 1. The summed E-state index contributed by atoms with van der Waals surface area (Å²) in [7, 11) is 0. The van der Waals surface area contributed by atoms with Crippen molar-refractivity contribution in [2.75, 3.05) is 18.1 Å². The Balaban J connectivity index is 2.41. The molecule has 0 saturated carbocycles. The standard InChI is InChI=1S/C12H15BrN2O3/c1-8-4-5-14(12(8)7-16)10-3-2-9(13)6-11(10)15(17)18/h2-3,6,8,12,16H,4-5,7H2,1H3. The normalized spacial score (nSPS) is 23.4. The SMILES string of the molecule is CC1CCN(c2ccc(Br)cc2[N+](=O)[O-])C1CO. The van der Waals surface area contributed by atoms with Gasteiger partial charge >= 0.3 is 0 Å². The molecular formula is C12H15BrN2O3. The lowest BCUT2D eigenvalue weighted by Crippen LogP contribution is -2.35. The van der Waals surface area contributed by atoms with Gasteiger partial charge in [-0.25, -0.2) is 0 Å². The van der Waals surface area contributed by atoms with Gasteiger partial charge in [-0.2, -0.15) is 0 Å². The second-order valence-corrected chi connectivity index (χ2v) is 5.52. The Bertz CT molecular complexity index is 467. The highest BCUT2D eigenvalue weighted by atomic mass is 79.9. The van der Waals surface area contributed by atoms with Gasteiger partial charge in [-0.05, 0) is 24.5 Å². The lowest BCUT2D eigenvalue weighted by Gasteiger charge is -2.26. The van der Waals surface area contributed by atoms with E-state index in [-0.39, 0.29) is 23.3 Å². The molecule has 1 aromatic carbocycles. The van der Waals surface area contributed by atoms with Gasteiger partial charge in [0, 0.05) is 17.1 Å². The Morgan fingerprint density at radius 2 is 2.33 bits per heavy atom. The number of nitro groups is 1. The zero-order valence-electron chi connectivity index (χ0n) is 10.0. The molecule has 1 heterocycles. The van der Waals surface area contributed by atoms with Gasteiger partial charge in [0.25, 0.3) is 5.69 Å². The highest BCUT2D eigenvalue weighted by molar-refractivity contribution is 9.10. The molecule has 1 aliphatic rings. The summed E-state index contributed by atoms with van der Waals surface area (Å²) in [6, 6.07) is 5.00. The summed E-state index contributed by atoms with van der Waals surface area (Å²) < 4.78 is 0.686. The second-order valence-electron chi connectivity index (χ2n) is 4.60. The summed E-state index contributed by atoms with van der Waals surface area (Å²) in [6.45, 7) is 2.83. The van der Waals surface area contributed by atoms with Gasteiger partial charge in [0.05, 0.1) is 17.6 Å². The van der Waals surface area contributed by atoms with Crippen LogP contribution < -0.4 is 4.90 Å². The second kappa shape index (κ2) is 5.24. The minimum Gasteiger partial charge on any atom is -0.394 e. The number of nitrogens with zero attached hydrogens (tertiary/aromatic N) is 2. The number of halogens is 1. The summed E-state index contributed by atoms with van der Waals surface area (Å²) in [5.41, 5.74) is 0.670. The maximum Gasteiger partial charge on any atom is 0.293 e. The van der Waals surface area contributed by atoms with E-state index in [2.05, 4.69) is 22.9 Å². The van der Waals surface area contributed by atoms with Crippen LogP contribution in [-0.4, -0.2) is 29.2 Å². The number of rotatable bonds is 3. The van der Waals surface area contributed by atoms with Crippen LogP contribution in [-0.2, 0) is 0 Å². The maximum absolute atomic E-state index is 11.1. The van der Waals surface area contributed by atoms with E-state index in [1.54, 1.807) is 12.1 Å². The third-order valence-electron chi connectivity index (χ3n) is 3.51. The minimum absolute atomic E-state index is 0.0222. The van der Waals surface area contributed by atoms with E-state index in [4.69, 9.17) is 0 Å². The largest absolute Gasteiger partial charge is 0.394 e. The molecule has 0 amide bonds. The Morgan fingerprint density at radius 1 is 1.61 bits per heavy atom. The summed E-state index contributed by atoms with van der Waals surface area (Å²) in [4.78, 5) is 12.7. The van der Waals surface area contributed by atoms with Crippen LogP contribution >= 0.6 is 15.9 Å². The molecule has 2 rings (SSSR count). The van der Waals surface area contributed by atoms with E-state index in [9.17, 15) is 15.2 Å². The Morgan fingerprint density at radius 3 is 2.94 bits per heavy atom. The highest BCUT2D eigenvalue weighted by Crippen LogP contribution is 2.37. The van der Waals surface area contributed by atoms with E-state index in [1.807, 2.05) is 4.90 Å².